The molecule has 0 aliphatic carbocycles. The number of nitrogens with one attached hydrogen (secondary N) is 1. The summed E-state index contributed by atoms with van der Waals surface area (Å²) in [5.74, 6) is -0.349. The van der Waals surface area contributed by atoms with Crippen molar-refractivity contribution in [3.63, 3.8) is 0 Å². The predicted octanol–water partition coefficient (Wildman–Crippen LogP) is 6.80. The van der Waals surface area contributed by atoms with Gasteiger partial charge in [0.15, 0.2) is 0 Å². The Labute approximate surface area is 193 Å². The Bertz CT molecular complexity index is 900. The number of benzene rings is 2. The Morgan fingerprint density at radius 3 is 2.48 bits per heavy atom. The van der Waals surface area contributed by atoms with E-state index in [4.69, 9.17) is 27.9 Å². The van der Waals surface area contributed by atoms with Gasteiger partial charge in [0.2, 0.25) is 5.91 Å². The van der Waals surface area contributed by atoms with E-state index < -0.39 is 5.97 Å². The summed E-state index contributed by atoms with van der Waals surface area (Å²) in [7, 11) is 0. The first-order valence-corrected chi connectivity index (χ1v) is 11.3. The fourth-order valence-corrected chi connectivity index (χ4v) is 3.44. The number of amides is 1. The summed E-state index contributed by atoms with van der Waals surface area (Å²) >= 11 is 11.9. The molecule has 0 saturated heterocycles. The van der Waals surface area contributed by atoms with E-state index in [0.717, 1.165) is 12.8 Å². The SMILES string of the molecule is CCCCCCCCCC(=O)NN=Cc1cccc(OC(=O)c2ccc(Cl)cc2Cl)c1. The van der Waals surface area contributed by atoms with Gasteiger partial charge in [0.25, 0.3) is 0 Å². The first-order chi connectivity index (χ1) is 15.0. The van der Waals surface area contributed by atoms with Crippen molar-refractivity contribution in [3.8, 4) is 5.75 Å². The molecule has 0 saturated carbocycles. The van der Waals surface area contributed by atoms with E-state index in [0.29, 0.717) is 22.8 Å². The number of carbonyl (C=O) groups is 2. The van der Waals surface area contributed by atoms with Crippen LogP contribution >= 0.6 is 23.2 Å². The zero-order valence-electron chi connectivity index (χ0n) is 17.7. The van der Waals surface area contributed by atoms with Crippen LogP contribution in [0.15, 0.2) is 47.6 Å². The first-order valence-electron chi connectivity index (χ1n) is 10.6. The third-order valence-electron chi connectivity index (χ3n) is 4.63. The Morgan fingerprint density at radius 2 is 1.74 bits per heavy atom. The Hall–Kier alpha value is -2.37. The van der Waals surface area contributed by atoms with Crippen LogP contribution in [0.2, 0.25) is 10.0 Å². The van der Waals surface area contributed by atoms with E-state index in [1.54, 1.807) is 30.3 Å². The number of unbranched alkanes of at least 4 members (excludes halogenated alkanes) is 6. The van der Waals surface area contributed by atoms with Crippen molar-refractivity contribution < 1.29 is 14.3 Å². The van der Waals surface area contributed by atoms with Crippen LogP contribution in [0.1, 0.15) is 74.2 Å². The topological polar surface area (TPSA) is 67.8 Å². The molecule has 2 rings (SSSR count). The molecule has 166 valence electrons. The van der Waals surface area contributed by atoms with Gasteiger partial charge in [0.1, 0.15) is 5.75 Å². The molecular weight excluding hydrogens is 435 g/mol. The molecule has 0 heterocycles. The van der Waals surface area contributed by atoms with Crippen LogP contribution in [0.5, 0.6) is 5.75 Å². The molecule has 5 nitrogen and oxygen atoms in total. The molecule has 1 amide bonds. The lowest BCUT2D eigenvalue weighted by atomic mass is 10.1. The molecule has 2 aromatic carbocycles. The second kappa shape index (κ2) is 13.8. The highest BCUT2D eigenvalue weighted by Gasteiger charge is 2.13. The van der Waals surface area contributed by atoms with Gasteiger partial charge in [-0.15, -0.1) is 0 Å². The van der Waals surface area contributed by atoms with Gasteiger partial charge in [0, 0.05) is 11.4 Å². The van der Waals surface area contributed by atoms with Crippen LogP contribution in [-0.4, -0.2) is 18.1 Å². The van der Waals surface area contributed by atoms with E-state index in [-0.39, 0.29) is 16.5 Å². The molecule has 31 heavy (non-hydrogen) atoms. The van der Waals surface area contributed by atoms with Crippen molar-refractivity contribution in [2.75, 3.05) is 0 Å². The predicted molar refractivity (Wildman–Crippen MR) is 126 cm³/mol. The van der Waals surface area contributed by atoms with Crippen LogP contribution in [0.25, 0.3) is 0 Å². The minimum atomic E-state index is -0.584. The summed E-state index contributed by atoms with van der Waals surface area (Å²) < 4.78 is 5.37. The number of hydrogen-bond acceptors (Lipinski definition) is 4. The summed E-state index contributed by atoms with van der Waals surface area (Å²) in [6.45, 7) is 2.20. The Balaban J connectivity index is 1.77. The maximum atomic E-state index is 12.3. The average Bonchev–Trinajstić information content (AvgIpc) is 2.73. The van der Waals surface area contributed by atoms with Crippen molar-refractivity contribution >= 4 is 41.3 Å². The fraction of sp³-hybridized carbons (Fsp3) is 0.375. The number of halogens is 2. The zero-order chi connectivity index (χ0) is 22.5. The highest BCUT2D eigenvalue weighted by Crippen LogP contribution is 2.23. The van der Waals surface area contributed by atoms with Crippen molar-refractivity contribution in [1.82, 2.24) is 5.43 Å². The van der Waals surface area contributed by atoms with Gasteiger partial charge in [-0.05, 0) is 42.3 Å². The van der Waals surface area contributed by atoms with Gasteiger partial charge < -0.3 is 4.74 Å². The second-order valence-corrected chi connectivity index (χ2v) is 8.09. The highest BCUT2D eigenvalue weighted by molar-refractivity contribution is 6.36. The van der Waals surface area contributed by atoms with Crippen LogP contribution in [0.3, 0.4) is 0 Å². The normalized spacial score (nSPS) is 10.9. The highest BCUT2D eigenvalue weighted by atomic mass is 35.5. The average molecular weight is 463 g/mol. The molecule has 0 atom stereocenters. The minimum Gasteiger partial charge on any atom is -0.423 e. The van der Waals surface area contributed by atoms with Gasteiger partial charge in [-0.2, -0.15) is 5.10 Å². The Kier molecular flexibility index (Phi) is 11.1. The fourth-order valence-electron chi connectivity index (χ4n) is 2.95. The smallest absolute Gasteiger partial charge is 0.345 e. The van der Waals surface area contributed by atoms with Crippen LogP contribution < -0.4 is 10.2 Å². The van der Waals surface area contributed by atoms with E-state index in [2.05, 4.69) is 17.5 Å². The molecule has 0 aliphatic heterocycles. The molecule has 7 heteroatoms. The van der Waals surface area contributed by atoms with Gasteiger partial charge >= 0.3 is 5.97 Å². The van der Waals surface area contributed by atoms with E-state index >= 15 is 0 Å². The van der Waals surface area contributed by atoms with Crippen molar-refractivity contribution in [3.05, 3.63) is 63.6 Å². The standard InChI is InChI=1S/C24H28Cl2N2O3/c1-2-3-4-5-6-7-8-12-23(29)28-27-17-18-10-9-11-20(15-18)31-24(30)21-14-13-19(25)16-22(21)26/h9-11,13-17H,2-8,12H2,1H3,(H,28,29). The molecule has 0 aromatic heterocycles. The maximum absolute atomic E-state index is 12.3. The number of hydrogen-bond donors (Lipinski definition) is 1. The number of ether oxygens (including phenoxy) is 1. The zero-order valence-corrected chi connectivity index (χ0v) is 19.2. The van der Waals surface area contributed by atoms with Gasteiger partial charge in [-0.3, -0.25) is 4.79 Å². The summed E-state index contributed by atoms with van der Waals surface area (Å²) in [6, 6.07) is 11.4. The number of esters is 1. The van der Waals surface area contributed by atoms with E-state index in [9.17, 15) is 9.59 Å². The molecule has 0 unspecified atom stereocenters. The molecule has 0 radical (unpaired) electrons. The minimum absolute atomic E-state index is 0.107. The molecule has 0 spiro atoms. The molecule has 1 N–H and O–H groups in total. The number of carbonyl (C=O) groups excluding carboxylic acids is 2. The molecule has 2 aromatic rings. The molecular formula is C24H28Cl2N2O3. The molecule has 0 aliphatic rings. The summed E-state index contributed by atoms with van der Waals surface area (Å²) in [5, 5.41) is 4.64. The van der Waals surface area contributed by atoms with Crippen LogP contribution in [0, 0.1) is 0 Å². The lowest BCUT2D eigenvalue weighted by Gasteiger charge is -2.07. The van der Waals surface area contributed by atoms with E-state index in [1.165, 1.54) is 50.5 Å². The van der Waals surface area contributed by atoms with Gasteiger partial charge in [0.05, 0.1) is 16.8 Å². The van der Waals surface area contributed by atoms with Crippen molar-refractivity contribution in [2.24, 2.45) is 5.10 Å². The molecule has 0 bridgehead atoms. The van der Waals surface area contributed by atoms with Crippen LogP contribution in [0.4, 0.5) is 0 Å². The van der Waals surface area contributed by atoms with Crippen LogP contribution in [-0.2, 0) is 4.79 Å². The second-order valence-electron chi connectivity index (χ2n) is 7.25. The molecule has 0 fully saturated rings. The van der Waals surface area contributed by atoms with Crippen molar-refractivity contribution in [2.45, 2.75) is 58.3 Å². The quantitative estimate of drug-likeness (QED) is 0.124. The lowest BCUT2D eigenvalue weighted by molar-refractivity contribution is -0.121. The number of rotatable bonds is 12. The third kappa shape index (κ3) is 9.53. The van der Waals surface area contributed by atoms with Crippen molar-refractivity contribution in [1.29, 1.82) is 0 Å². The first kappa shape index (κ1) is 24.9. The number of nitrogens with zero attached hydrogens (tertiary/aromatic N) is 1. The summed E-state index contributed by atoms with van der Waals surface area (Å²) in [4.78, 5) is 24.2. The largest absolute Gasteiger partial charge is 0.423 e. The van der Waals surface area contributed by atoms with Gasteiger partial charge in [-0.25, -0.2) is 10.2 Å². The summed E-state index contributed by atoms with van der Waals surface area (Å²) in [5.41, 5.74) is 3.44. The van der Waals surface area contributed by atoms with Gasteiger partial charge in [-0.1, -0.05) is 80.8 Å². The monoisotopic (exact) mass is 462 g/mol. The maximum Gasteiger partial charge on any atom is 0.345 e. The van der Waals surface area contributed by atoms with E-state index in [1.807, 2.05) is 0 Å². The Morgan fingerprint density at radius 1 is 1.00 bits per heavy atom. The third-order valence-corrected chi connectivity index (χ3v) is 5.18. The lowest BCUT2D eigenvalue weighted by Crippen LogP contribution is -2.16. The summed E-state index contributed by atoms with van der Waals surface area (Å²) in [6.07, 6.45) is 10.1. The number of hydrazone groups is 1.